The predicted octanol–water partition coefficient (Wildman–Crippen LogP) is 5.49. The number of hydrogen-bond acceptors (Lipinski definition) is 4. The van der Waals surface area contributed by atoms with E-state index >= 15 is 0 Å². The van der Waals surface area contributed by atoms with E-state index in [2.05, 4.69) is 17.2 Å². The zero-order chi connectivity index (χ0) is 19.5. The number of rotatable bonds is 3. The van der Waals surface area contributed by atoms with Crippen LogP contribution in [0.4, 0.5) is 5.69 Å². The van der Waals surface area contributed by atoms with Gasteiger partial charge >= 0.3 is 5.97 Å². The van der Waals surface area contributed by atoms with Crippen molar-refractivity contribution in [1.82, 2.24) is 0 Å². The van der Waals surface area contributed by atoms with E-state index in [4.69, 9.17) is 27.9 Å². The summed E-state index contributed by atoms with van der Waals surface area (Å²) in [6.07, 6.45) is 0. The van der Waals surface area contributed by atoms with Gasteiger partial charge in [-0.05, 0) is 45.0 Å². The Kier molecular flexibility index (Phi) is 6.35. The highest BCUT2D eigenvalue weighted by atomic mass is 35.5. The normalized spacial score (nSPS) is 10.7. The maximum atomic E-state index is 12.5. The number of carbonyl (C=O) groups is 2. The number of halogens is 2. The first-order valence-corrected chi connectivity index (χ1v) is 9.19. The van der Waals surface area contributed by atoms with Crippen molar-refractivity contribution in [2.75, 3.05) is 12.4 Å². The van der Waals surface area contributed by atoms with Gasteiger partial charge in [0.1, 0.15) is 4.88 Å². The van der Waals surface area contributed by atoms with Gasteiger partial charge in [-0.25, -0.2) is 4.79 Å². The standard InChI is InChI=1S/C19H17Cl2NO3S/c1-19(2,3)8-7-12-10-15(16(26-12)18(24)25-4)22-17(23)13-6-5-11(20)9-14(13)21/h5-6,9-10H,1-4H3,(H,22,23). The minimum absolute atomic E-state index is 0.185. The Morgan fingerprint density at radius 2 is 1.88 bits per heavy atom. The number of nitrogens with one attached hydrogen (secondary N) is 1. The van der Waals surface area contributed by atoms with Crippen molar-refractivity contribution in [1.29, 1.82) is 0 Å². The number of thiophene rings is 1. The molecule has 0 saturated heterocycles. The molecule has 2 aromatic rings. The average molecular weight is 410 g/mol. The number of ether oxygens (including phenoxy) is 1. The Hall–Kier alpha value is -2.00. The molecule has 1 heterocycles. The lowest BCUT2D eigenvalue weighted by atomic mass is 9.98. The number of carbonyl (C=O) groups excluding carboxylic acids is 2. The molecule has 1 aromatic heterocycles. The molecule has 136 valence electrons. The number of hydrogen-bond donors (Lipinski definition) is 1. The lowest BCUT2D eigenvalue weighted by Crippen LogP contribution is -2.14. The van der Waals surface area contributed by atoms with Crippen LogP contribution in [0.15, 0.2) is 24.3 Å². The highest BCUT2D eigenvalue weighted by Crippen LogP contribution is 2.29. The topological polar surface area (TPSA) is 55.4 Å². The van der Waals surface area contributed by atoms with Crippen LogP contribution in [0.3, 0.4) is 0 Å². The molecule has 0 aliphatic heterocycles. The van der Waals surface area contributed by atoms with Gasteiger partial charge < -0.3 is 10.1 Å². The minimum atomic E-state index is -0.545. The largest absolute Gasteiger partial charge is 0.465 e. The molecule has 1 amide bonds. The molecule has 7 heteroatoms. The quantitative estimate of drug-likeness (QED) is 0.538. The number of esters is 1. The summed E-state index contributed by atoms with van der Waals surface area (Å²) in [6, 6.07) is 6.21. The molecule has 0 atom stereocenters. The fourth-order valence-corrected chi connectivity index (χ4v) is 3.28. The Morgan fingerprint density at radius 1 is 1.19 bits per heavy atom. The van der Waals surface area contributed by atoms with Crippen molar-refractivity contribution in [3.63, 3.8) is 0 Å². The molecule has 0 aliphatic carbocycles. The molecule has 0 aliphatic rings. The molecule has 0 spiro atoms. The summed E-state index contributed by atoms with van der Waals surface area (Å²) >= 11 is 13.1. The van der Waals surface area contributed by atoms with E-state index in [0.29, 0.717) is 15.6 Å². The van der Waals surface area contributed by atoms with Crippen LogP contribution >= 0.6 is 34.5 Å². The molecule has 26 heavy (non-hydrogen) atoms. The molecule has 1 aromatic carbocycles. The van der Waals surface area contributed by atoms with E-state index in [-0.39, 0.29) is 20.9 Å². The number of amides is 1. The summed E-state index contributed by atoms with van der Waals surface area (Å²) in [5.41, 5.74) is 0.395. The van der Waals surface area contributed by atoms with Crippen LogP contribution < -0.4 is 5.32 Å². The van der Waals surface area contributed by atoms with Crippen LogP contribution in [-0.4, -0.2) is 19.0 Å². The third kappa shape index (κ3) is 5.25. The Labute approximate surface area is 166 Å². The van der Waals surface area contributed by atoms with Crippen molar-refractivity contribution in [2.24, 2.45) is 5.41 Å². The van der Waals surface area contributed by atoms with E-state index < -0.39 is 11.9 Å². The maximum Gasteiger partial charge on any atom is 0.350 e. The summed E-state index contributed by atoms with van der Waals surface area (Å²) in [5, 5.41) is 3.34. The summed E-state index contributed by atoms with van der Waals surface area (Å²) in [4.78, 5) is 25.5. The van der Waals surface area contributed by atoms with Gasteiger partial charge in [0.15, 0.2) is 0 Å². The highest BCUT2D eigenvalue weighted by molar-refractivity contribution is 7.15. The molecular formula is C19H17Cl2NO3S. The van der Waals surface area contributed by atoms with Crippen LogP contribution in [0.2, 0.25) is 10.0 Å². The minimum Gasteiger partial charge on any atom is -0.465 e. The molecule has 0 radical (unpaired) electrons. The van der Waals surface area contributed by atoms with E-state index in [9.17, 15) is 9.59 Å². The fourth-order valence-electron chi connectivity index (χ4n) is 1.90. The van der Waals surface area contributed by atoms with Crippen molar-refractivity contribution >= 4 is 52.1 Å². The third-order valence-corrected chi connectivity index (χ3v) is 4.67. The van der Waals surface area contributed by atoms with Crippen LogP contribution in [-0.2, 0) is 4.74 Å². The van der Waals surface area contributed by atoms with Gasteiger partial charge in [0.05, 0.1) is 28.3 Å². The zero-order valence-corrected chi connectivity index (χ0v) is 17.0. The van der Waals surface area contributed by atoms with Gasteiger partial charge in [-0.15, -0.1) is 11.3 Å². The van der Waals surface area contributed by atoms with E-state index in [1.54, 1.807) is 12.1 Å². The first-order chi connectivity index (χ1) is 12.1. The highest BCUT2D eigenvalue weighted by Gasteiger charge is 2.20. The van der Waals surface area contributed by atoms with Crippen molar-refractivity contribution in [2.45, 2.75) is 20.8 Å². The van der Waals surface area contributed by atoms with Crippen LogP contribution in [0, 0.1) is 17.3 Å². The third-order valence-electron chi connectivity index (χ3n) is 3.09. The summed E-state index contributed by atoms with van der Waals surface area (Å²) < 4.78 is 4.79. The SMILES string of the molecule is COC(=O)c1sc(C#CC(C)(C)C)cc1NC(=O)c1ccc(Cl)cc1Cl. The van der Waals surface area contributed by atoms with Crippen LogP contribution in [0.25, 0.3) is 0 Å². The van der Waals surface area contributed by atoms with E-state index in [0.717, 1.165) is 11.3 Å². The van der Waals surface area contributed by atoms with Gasteiger partial charge in [-0.3, -0.25) is 4.79 Å². The maximum absolute atomic E-state index is 12.5. The zero-order valence-electron chi connectivity index (χ0n) is 14.7. The second-order valence-corrected chi connectivity index (χ2v) is 8.32. The molecule has 4 nitrogen and oxygen atoms in total. The van der Waals surface area contributed by atoms with Crippen LogP contribution in [0.5, 0.6) is 0 Å². The summed E-state index contributed by atoms with van der Waals surface area (Å²) in [7, 11) is 1.28. The summed E-state index contributed by atoms with van der Waals surface area (Å²) in [5.74, 6) is 5.12. The lowest BCUT2D eigenvalue weighted by Gasteiger charge is -2.07. The average Bonchev–Trinajstić information content (AvgIpc) is 2.94. The van der Waals surface area contributed by atoms with Gasteiger partial charge in [0, 0.05) is 10.4 Å². The predicted molar refractivity (Wildman–Crippen MR) is 106 cm³/mol. The first-order valence-electron chi connectivity index (χ1n) is 7.62. The van der Waals surface area contributed by atoms with Crippen molar-refractivity contribution in [3.05, 3.63) is 49.6 Å². The molecular weight excluding hydrogens is 393 g/mol. The molecule has 0 bridgehead atoms. The second kappa shape index (κ2) is 8.13. The molecule has 0 fully saturated rings. The van der Waals surface area contributed by atoms with Gasteiger partial charge in [-0.1, -0.05) is 35.0 Å². The fraction of sp³-hybridized carbons (Fsp3) is 0.263. The first kappa shape index (κ1) is 20.3. The van der Waals surface area contributed by atoms with Crippen molar-refractivity contribution in [3.8, 4) is 11.8 Å². The second-order valence-electron chi connectivity index (χ2n) is 6.42. The molecule has 2 rings (SSSR count). The Balaban J connectivity index is 2.37. The Morgan fingerprint density at radius 3 is 2.46 bits per heavy atom. The van der Waals surface area contributed by atoms with Crippen molar-refractivity contribution < 1.29 is 14.3 Å². The van der Waals surface area contributed by atoms with Crippen LogP contribution in [0.1, 0.15) is 45.7 Å². The Bertz CT molecular complexity index is 917. The van der Waals surface area contributed by atoms with Gasteiger partial charge in [-0.2, -0.15) is 0 Å². The van der Waals surface area contributed by atoms with Gasteiger partial charge in [0.25, 0.3) is 5.91 Å². The smallest absolute Gasteiger partial charge is 0.350 e. The number of methoxy groups -OCH3 is 1. The van der Waals surface area contributed by atoms with E-state index in [1.807, 2.05) is 20.8 Å². The van der Waals surface area contributed by atoms with E-state index in [1.165, 1.54) is 19.2 Å². The molecule has 0 saturated carbocycles. The summed E-state index contributed by atoms with van der Waals surface area (Å²) in [6.45, 7) is 5.96. The lowest BCUT2D eigenvalue weighted by molar-refractivity contribution is 0.0607. The van der Waals surface area contributed by atoms with Gasteiger partial charge in [0.2, 0.25) is 0 Å². The molecule has 1 N–H and O–H groups in total. The molecule has 0 unspecified atom stereocenters. The number of anilines is 1. The number of benzene rings is 1. The monoisotopic (exact) mass is 409 g/mol.